The number of aromatic carboxylic acids is 1. The molecule has 5 nitrogen and oxygen atoms in total. The summed E-state index contributed by atoms with van der Waals surface area (Å²) >= 11 is 9.61. The number of carbonyl (C=O) groups is 1. The van der Waals surface area contributed by atoms with Gasteiger partial charge < -0.3 is 19.9 Å². The molecule has 0 fully saturated rings. The van der Waals surface area contributed by atoms with Crippen LogP contribution in [0.25, 0.3) is 0 Å². The largest absolute Gasteiger partial charge is 0.493 e. The molecule has 7 heteroatoms. The zero-order chi connectivity index (χ0) is 21.7. The van der Waals surface area contributed by atoms with E-state index in [1.54, 1.807) is 19.2 Å². The van der Waals surface area contributed by atoms with Crippen molar-refractivity contribution in [2.75, 3.05) is 12.4 Å². The van der Waals surface area contributed by atoms with Gasteiger partial charge in [0.2, 0.25) is 0 Å². The first-order chi connectivity index (χ1) is 14.4. The molecule has 3 aromatic carbocycles. The molecular weight excluding hydrogens is 470 g/mol. The summed E-state index contributed by atoms with van der Waals surface area (Å²) in [7, 11) is 1.60. The van der Waals surface area contributed by atoms with Gasteiger partial charge in [0, 0.05) is 12.2 Å². The van der Waals surface area contributed by atoms with Gasteiger partial charge in [0.05, 0.1) is 22.2 Å². The SMILES string of the molecule is COc1cc(CNc2ccc(C(=O)O)c(Cl)c2)cc(Br)c1OCc1ccccc1C. The number of nitrogens with one attached hydrogen (secondary N) is 1. The molecule has 3 aromatic rings. The van der Waals surface area contributed by atoms with Crippen LogP contribution in [0.3, 0.4) is 0 Å². The Morgan fingerprint density at radius 1 is 1.17 bits per heavy atom. The number of hydrogen-bond acceptors (Lipinski definition) is 4. The van der Waals surface area contributed by atoms with E-state index in [-0.39, 0.29) is 10.6 Å². The van der Waals surface area contributed by atoms with E-state index >= 15 is 0 Å². The molecule has 0 unspecified atom stereocenters. The maximum Gasteiger partial charge on any atom is 0.337 e. The molecule has 30 heavy (non-hydrogen) atoms. The van der Waals surface area contributed by atoms with Gasteiger partial charge in [-0.2, -0.15) is 0 Å². The second-order valence-corrected chi connectivity index (χ2v) is 7.94. The fraction of sp³-hybridized carbons (Fsp3) is 0.174. The molecule has 0 saturated carbocycles. The predicted molar refractivity (Wildman–Crippen MR) is 122 cm³/mol. The summed E-state index contributed by atoms with van der Waals surface area (Å²) in [5.74, 6) is 0.203. The Morgan fingerprint density at radius 3 is 2.60 bits per heavy atom. The molecule has 0 spiro atoms. The number of benzene rings is 3. The van der Waals surface area contributed by atoms with E-state index in [1.165, 1.54) is 11.6 Å². The highest BCUT2D eigenvalue weighted by atomic mass is 79.9. The van der Waals surface area contributed by atoms with E-state index in [0.717, 1.165) is 21.3 Å². The highest BCUT2D eigenvalue weighted by Gasteiger charge is 2.13. The number of hydrogen-bond donors (Lipinski definition) is 2. The minimum Gasteiger partial charge on any atom is -0.493 e. The van der Waals surface area contributed by atoms with E-state index in [9.17, 15) is 4.79 Å². The Kier molecular flexibility index (Phi) is 7.24. The number of halogens is 2. The molecule has 156 valence electrons. The number of rotatable bonds is 8. The van der Waals surface area contributed by atoms with Crippen LogP contribution in [0.4, 0.5) is 5.69 Å². The van der Waals surface area contributed by atoms with Crippen LogP contribution in [0, 0.1) is 6.92 Å². The van der Waals surface area contributed by atoms with Crippen molar-refractivity contribution in [3.63, 3.8) is 0 Å². The minimum atomic E-state index is -1.05. The van der Waals surface area contributed by atoms with Crippen molar-refractivity contribution in [1.82, 2.24) is 0 Å². The Morgan fingerprint density at radius 2 is 1.93 bits per heavy atom. The van der Waals surface area contributed by atoms with Crippen molar-refractivity contribution in [3.8, 4) is 11.5 Å². The first kappa shape index (κ1) is 22.0. The van der Waals surface area contributed by atoms with Gasteiger partial charge in [0.15, 0.2) is 11.5 Å². The van der Waals surface area contributed by atoms with Crippen LogP contribution in [0.15, 0.2) is 59.1 Å². The van der Waals surface area contributed by atoms with Crippen LogP contribution in [0.5, 0.6) is 11.5 Å². The summed E-state index contributed by atoms with van der Waals surface area (Å²) in [6.45, 7) is 2.98. The van der Waals surface area contributed by atoms with E-state index in [1.807, 2.05) is 30.3 Å². The molecule has 0 heterocycles. The van der Waals surface area contributed by atoms with Crippen LogP contribution in [-0.4, -0.2) is 18.2 Å². The molecule has 0 radical (unpaired) electrons. The minimum absolute atomic E-state index is 0.0711. The van der Waals surface area contributed by atoms with Gasteiger partial charge in [-0.1, -0.05) is 35.9 Å². The fourth-order valence-electron chi connectivity index (χ4n) is 2.94. The Balaban J connectivity index is 1.73. The van der Waals surface area contributed by atoms with E-state index < -0.39 is 5.97 Å². The smallest absolute Gasteiger partial charge is 0.337 e. The third-order valence-electron chi connectivity index (χ3n) is 4.62. The summed E-state index contributed by atoms with van der Waals surface area (Å²) in [6, 6.07) is 16.7. The lowest BCUT2D eigenvalue weighted by atomic mass is 10.1. The second kappa shape index (κ2) is 9.87. The molecular formula is C23H21BrClNO4. The number of ether oxygens (including phenoxy) is 2. The van der Waals surface area contributed by atoms with Crippen LogP contribution >= 0.6 is 27.5 Å². The first-order valence-electron chi connectivity index (χ1n) is 9.19. The summed E-state index contributed by atoms with van der Waals surface area (Å²) in [4.78, 5) is 11.1. The number of methoxy groups -OCH3 is 1. The average molecular weight is 491 g/mol. The van der Waals surface area contributed by atoms with Crippen molar-refractivity contribution >= 4 is 39.2 Å². The molecule has 0 aliphatic carbocycles. The van der Waals surface area contributed by atoms with Crippen LogP contribution in [0.2, 0.25) is 5.02 Å². The molecule has 0 atom stereocenters. The van der Waals surface area contributed by atoms with E-state index in [4.69, 9.17) is 26.2 Å². The molecule has 0 amide bonds. The van der Waals surface area contributed by atoms with Gasteiger partial charge in [0.1, 0.15) is 6.61 Å². The molecule has 0 bridgehead atoms. The van der Waals surface area contributed by atoms with Gasteiger partial charge in [-0.25, -0.2) is 4.79 Å². The second-order valence-electron chi connectivity index (χ2n) is 6.68. The highest BCUT2D eigenvalue weighted by Crippen LogP contribution is 2.37. The van der Waals surface area contributed by atoms with Gasteiger partial charge in [-0.15, -0.1) is 0 Å². The topological polar surface area (TPSA) is 67.8 Å². The first-order valence-corrected chi connectivity index (χ1v) is 10.4. The van der Waals surface area contributed by atoms with Crippen LogP contribution in [0.1, 0.15) is 27.0 Å². The van der Waals surface area contributed by atoms with Crippen molar-refractivity contribution in [3.05, 3.63) is 86.3 Å². The third-order valence-corrected chi connectivity index (χ3v) is 5.52. The third kappa shape index (κ3) is 5.26. The Bertz CT molecular complexity index is 1070. The maximum absolute atomic E-state index is 11.1. The lowest BCUT2D eigenvalue weighted by molar-refractivity contribution is 0.0697. The molecule has 3 rings (SSSR count). The molecule has 0 aliphatic heterocycles. The Labute approximate surface area is 188 Å². The van der Waals surface area contributed by atoms with Gasteiger partial charge in [-0.3, -0.25) is 0 Å². The van der Waals surface area contributed by atoms with Crippen molar-refractivity contribution in [1.29, 1.82) is 0 Å². The van der Waals surface area contributed by atoms with Gasteiger partial charge >= 0.3 is 5.97 Å². The summed E-state index contributed by atoms with van der Waals surface area (Å²) in [5, 5.41) is 12.5. The number of carboxylic acid groups (broad SMARTS) is 1. The average Bonchev–Trinajstić information content (AvgIpc) is 2.72. The number of anilines is 1. The molecule has 0 aliphatic rings. The zero-order valence-electron chi connectivity index (χ0n) is 16.5. The monoisotopic (exact) mass is 489 g/mol. The fourth-order valence-corrected chi connectivity index (χ4v) is 3.81. The molecule has 2 N–H and O–H groups in total. The number of carboxylic acids is 1. The quantitative estimate of drug-likeness (QED) is 0.387. The maximum atomic E-state index is 11.1. The standard InChI is InChI=1S/C23H21BrClNO4/c1-14-5-3-4-6-16(14)13-30-22-19(24)9-15(10-21(22)29-2)12-26-17-7-8-18(23(27)28)20(25)11-17/h3-11,26H,12-13H2,1-2H3,(H,27,28). The summed E-state index contributed by atoms with van der Waals surface area (Å²) in [6.07, 6.45) is 0. The summed E-state index contributed by atoms with van der Waals surface area (Å²) in [5.41, 5.74) is 4.03. The number of aryl methyl sites for hydroxylation is 1. The van der Waals surface area contributed by atoms with Crippen molar-refractivity contribution < 1.29 is 19.4 Å². The normalized spacial score (nSPS) is 10.5. The lowest BCUT2D eigenvalue weighted by Crippen LogP contribution is -2.04. The predicted octanol–water partition coefficient (Wildman–Crippen LogP) is 6.31. The zero-order valence-corrected chi connectivity index (χ0v) is 18.9. The van der Waals surface area contributed by atoms with Crippen molar-refractivity contribution in [2.24, 2.45) is 0 Å². The Hall–Kier alpha value is -2.70. The van der Waals surface area contributed by atoms with Crippen LogP contribution < -0.4 is 14.8 Å². The molecule has 0 aromatic heterocycles. The lowest BCUT2D eigenvalue weighted by Gasteiger charge is -2.16. The van der Waals surface area contributed by atoms with E-state index in [0.29, 0.717) is 24.7 Å². The highest BCUT2D eigenvalue weighted by molar-refractivity contribution is 9.10. The van der Waals surface area contributed by atoms with Crippen molar-refractivity contribution in [2.45, 2.75) is 20.1 Å². The molecule has 0 saturated heterocycles. The van der Waals surface area contributed by atoms with Gasteiger partial charge in [-0.05, 0) is 69.9 Å². The van der Waals surface area contributed by atoms with Gasteiger partial charge in [0.25, 0.3) is 0 Å². The van der Waals surface area contributed by atoms with Crippen LogP contribution in [-0.2, 0) is 13.2 Å². The summed E-state index contributed by atoms with van der Waals surface area (Å²) < 4.78 is 12.3. The van der Waals surface area contributed by atoms with E-state index in [2.05, 4.69) is 34.2 Å².